The largest absolute Gasteiger partial charge is 0.325 e. The third kappa shape index (κ3) is 3.75. The smallest absolute Gasteiger partial charge is 0.131 e. The Kier molecular flexibility index (Phi) is 4.93. The molecule has 0 saturated carbocycles. The standard InChI is InChI=1S/C22H24N4/c1-17-8-2-3-9-18(17)16-26-15-7-11-20(26)19-10-6-13-22(24-19)25-21-12-4-5-14-23-21/h2-6,8-10,12-14,20H,7,11,15-16H2,1H3,(H,23,24,25)/t20-/m1/s1. The highest BCUT2D eigenvalue weighted by Crippen LogP contribution is 2.33. The first-order valence-electron chi connectivity index (χ1n) is 9.23. The summed E-state index contributed by atoms with van der Waals surface area (Å²) in [6, 6.07) is 21.1. The zero-order chi connectivity index (χ0) is 17.8. The summed E-state index contributed by atoms with van der Waals surface area (Å²) in [5.41, 5.74) is 3.90. The summed E-state index contributed by atoms with van der Waals surface area (Å²) in [6.07, 6.45) is 4.16. The monoisotopic (exact) mass is 344 g/mol. The average molecular weight is 344 g/mol. The number of pyridine rings is 2. The molecule has 4 nitrogen and oxygen atoms in total. The number of aryl methyl sites for hydroxylation is 1. The maximum absolute atomic E-state index is 4.87. The van der Waals surface area contributed by atoms with Gasteiger partial charge in [0.15, 0.2) is 0 Å². The van der Waals surface area contributed by atoms with Gasteiger partial charge in [-0.2, -0.15) is 0 Å². The molecule has 1 aliphatic rings. The number of aromatic nitrogens is 2. The SMILES string of the molecule is Cc1ccccc1CN1CCC[C@@H]1c1cccc(Nc2ccccn2)n1. The Balaban J connectivity index is 1.52. The van der Waals surface area contributed by atoms with Crippen molar-refractivity contribution in [3.63, 3.8) is 0 Å². The molecule has 0 bridgehead atoms. The number of anilines is 2. The van der Waals surface area contributed by atoms with Crippen molar-refractivity contribution in [3.05, 3.63) is 83.7 Å². The summed E-state index contributed by atoms with van der Waals surface area (Å²) < 4.78 is 0. The van der Waals surface area contributed by atoms with E-state index in [1.54, 1.807) is 6.20 Å². The molecule has 0 amide bonds. The molecule has 0 spiro atoms. The Morgan fingerprint density at radius 1 is 1.00 bits per heavy atom. The molecule has 1 N–H and O–H groups in total. The van der Waals surface area contributed by atoms with E-state index in [2.05, 4.69) is 58.5 Å². The zero-order valence-corrected chi connectivity index (χ0v) is 15.1. The van der Waals surface area contributed by atoms with Gasteiger partial charge in [0.2, 0.25) is 0 Å². The normalized spacial score (nSPS) is 17.3. The molecular formula is C22H24N4. The van der Waals surface area contributed by atoms with Gasteiger partial charge in [-0.15, -0.1) is 0 Å². The van der Waals surface area contributed by atoms with Crippen LogP contribution < -0.4 is 5.32 Å². The molecule has 3 heterocycles. The fraction of sp³-hybridized carbons (Fsp3) is 0.273. The van der Waals surface area contributed by atoms with Crippen molar-refractivity contribution >= 4 is 11.6 Å². The van der Waals surface area contributed by atoms with Crippen LogP contribution in [0.3, 0.4) is 0 Å². The molecule has 1 fully saturated rings. The zero-order valence-electron chi connectivity index (χ0n) is 15.1. The lowest BCUT2D eigenvalue weighted by Gasteiger charge is -2.25. The topological polar surface area (TPSA) is 41.0 Å². The third-order valence-corrected chi connectivity index (χ3v) is 5.03. The van der Waals surface area contributed by atoms with Crippen LogP contribution >= 0.6 is 0 Å². The number of nitrogens with one attached hydrogen (secondary N) is 1. The number of benzene rings is 1. The van der Waals surface area contributed by atoms with Crippen molar-refractivity contribution in [2.75, 3.05) is 11.9 Å². The van der Waals surface area contributed by atoms with E-state index in [4.69, 9.17) is 4.98 Å². The van der Waals surface area contributed by atoms with E-state index in [0.717, 1.165) is 36.8 Å². The van der Waals surface area contributed by atoms with Crippen molar-refractivity contribution < 1.29 is 0 Å². The highest BCUT2D eigenvalue weighted by Gasteiger charge is 2.27. The number of rotatable bonds is 5. The Morgan fingerprint density at radius 2 is 1.85 bits per heavy atom. The van der Waals surface area contributed by atoms with Gasteiger partial charge in [-0.3, -0.25) is 4.90 Å². The van der Waals surface area contributed by atoms with Crippen LogP contribution in [0.25, 0.3) is 0 Å². The molecule has 0 radical (unpaired) electrons. The van der Waals surface area contributed by atoms with Crippen LogP contribution in [0.1, 0.15) is 35.7 Å². The maximum Gasteiger partial charge on any atom is 0.131 e. The molecular weight excluding hydrogens is 320 g/mol. The molecule has 1 atom stereocenters. The van der Waals surface area contributed by atoms with Crippen LogP contribution in [0.2, 0.25) is 0 Å². The molecule has 4 rings (SSSR count). The lowest BCUT2D eigenvalue weighted by atomic mass is 10.1. The first-order chi connectivity index (χ1) is 12.8. The minimum Gasteiger partial charge on any atom is -0.325 e. The second kappa shape index (κ2) is 7.67. The molecule has 4 heteroatoms. The minimum atomic E-state index is 0.375. The van der Waals surface area contributed by atoms with Crippen LogP contribution in [0.15, 0.2) is 66.9 Å². The summed E-state index contributed by atoms with van der Waals surface area (Å²) in [4.78, 5) is 11.7. The third-order valence-electron chi connectivity index (χ3n) is 5.03. The van der Waals surface area contributed by atoms with Crippen molar-refractivity contribution in [2.24, 2.45) is 0 Å². The van der Waals surface area contributed by atoms with Gasteiger partial charge < -0.3 is 5.32 Å². The first-order valence-corrected chi connectivity index (χ1v) is 9.23. The summed E-state index contributed by atoms with van der Waals surface area (Å²) in [7, 11) is 0. The number of hydrogen-bond donors (Lipinski definition) is 1. The predicted molar refractivity (Wildman–Crippen MR) is 105 cm³/mol. The lowest BCUT2D eigenvalue weighted by Crippen LogP contribution is -2.24. The lowest BCUT2D eigenvalue weighted by molar-refractivity contribution is 0.244. The minimum absolute atomic E-state index is 0.375. The van der Waals surface area contributed by atoms with Crippen molar-refractivity contribution in [1.82, 2.24) is 14.9 Å². The quantitative estimate of drug-likeness (QED) is 0.717. The van der Waals surface area contributed by atoms with Crippen LogP contribution in [0.5, 0.6) is 0 Å². The fourth-order valence-electron chi connectivity index (χ4n) is 3.63. The van der Waals surface area contributed by atoms with Gasteiger partial charge in [0.1, 0.15) is 11.6 Å². The average Bonchev–Trinajstić information content (AvgIpc) is 3.13. The molecule has 0 unspecified atom stereocenters. The van der Waals surface area contributed by atoms with Gasteiger partial charge in [-0.1, -0.05) is 36.4 Å². The Bertz CT molecular complexity index is 863. The highest BCUT2D eigenvalue weighted by molar-refractivity contribution is 5.51. The summed E-state index contributed by atoms with van der Waals surface area (Å²) in [5.74, 6) is 1.67. The Morgan fingerprint density at radius 3 is 2.69 bits per heavy atom. The van der Waals surface area contributed by atoms with Crippen LogP contribution in [0, 0.1) is 6.92 Å². The van der Waals surface area contributed by atoms with Crippen LogP contribution in [-0.2, 0) is 6.54 Å². The Hall–Kier alpha value is -2.72. The molecule has 1 aliphatic heterocycles. The predicted octanol–water partition coefficient (Wildman–Crippen LogP) is 4.87. The van der Waals surface area contributed by atoms with Gasteiger partial charge in [-0.25, -0.2) is 9.97 Å². The van der Waals surface area contributed by atoms with E-state index in [1.165, 1.54) is 17.5 Å². The number of hydrogen-bond acceptors (Lipinski definition) is 4. The molecule has 0 aliphatic carbocycles. The van der Waals surface area contributed by atoms with Crippen LogP contribution in [0.4, 0.5) is 11.6 Å². The number of nitrogens with zero attached hydrogens (tertiary/aromatic N) is 3. The van der Waals surface area contributed by atoms with Crippen molar-refractivity contribution in [3.8, 4) is 0 Å². The molecule has 26 heavy (non-hydrogen) atoms. The fourth-order valence-corrected chi connectivity index (χ4v) is 3.63. The Labute approximate surface area is 154 Å². The van der Waals surface area contributed by atoms with E-state index in [0.29, 0.717) is 6.04 Å². The molecule has 1 aromatic carbocycles. The van der Waals surface area contributed by atoms with Gasteiger partial charge >= 0.3 is 0 Å². The van der Waals surface area contributed by atoms with Crippen LogP contribution in [-0.4, -0.2) is 21.4 Å². The molecule has 3 aromatic rings. The highest BCUT2D eigenvalue weighted by atomic mass is 15.2. The van der Waals surface area contributed by atoms with Gasteiger partial charge in [0.05, 0.1) is 11.7 Å². The van der Waals surface area contributed by atoms with Crippen molar-refractivity contribution in [2.45, 2.75) is 32.4 Å². The van der Waals surface area contributed by atoms with Gasteiger partial charge in [-0.05, 0) is 61.7 Å². The summed E-state index contributed by atoms with van der Waals surface area (Å²) >= 11 is 0. The summed E-state index contributed by atoms with van der Waals surface area (Å²) in [5, 5.41) is 3.30. The number of likely N-dealkylation sites (tertiary alicyclic amines) is 1. The molecule has 132 valence electrons. The van der Waals surface area contributed by atoms with E-state index in [1.807, 2.05) is 24.3 Å². The van der Waals surface area contributed by atoms with E-state index in [9.17, 15) is 0 Å². The maximum atomic E-state index is 4.87. The molecule has 1 saturated heterocycles. The van der Waals surface area contributed by atoms with Crippen molar-refractivity contribution in [1.29, 1.82) is 0 Å². The van der Waals surface area contributed by atoms with E-state index < -0.39 is 0 Å². The summed E-state index contributed by atoms with van der Waals surface area (Å²) in [6.45, 7) is 4.30. The van der Waals surface area contributed by atoms with Gasteiger partial charge in [0.25, 0.3) is 0 Å². The van der Waals surface area contributed by atoms with E-state index >= 15 is 0 Å². The molecule has 2 aromatic heterocycles. The van der Waals surface area contributed by atoms with E-state index in [-0.39, 0.29) is 0 Å². The first kappa shape index (κ1) is 16.7. The van der Waals surface area contributed by atoms with Gasteiger partial charge in [0, 0.05) is 12.7 Å². The second-order valence-electron chi connectivity index (χ2n) is 6.84. The second-order valence-corrected chi connectivity index (χ2v) is 6.84.